The molecule has 0 saturated carbocycles. The normalized spacial score (nSPS) is 11.7. The number of nitrogens with zero attached hydrogens (tertiary/aromatic N) is 1. The van der Waals surface area contributed by atoms with Gasteiger partial charge < -0.3 is 24.1 Å². The highest BCUT2D eigenvalue weighted by Crippen LogP contribution is 2.21. The zero-order valence-corrected chi connectivity index (χ0v) is 26.9. The van der Waals surface area contributed by atoms with Crippen LogP contribution in [0.1, 0.15) is 16.9 Å². The van der Waals surface area contributed by atoms with Crippen LogP contribution in [0.4, 0.5) is 10.1 Å². The molecule has 48 heavy (non-hydrogen) atoms. The van der Waals surface area contributed by atoms with Gasteiger partial charge in [0.05, 0.1) is 24.8 Å². The first-order valence-corrected chi connectivity index (χ1v) is 16.5. The van der Waals surface area contributed by atoms with Crippen molar-refractivity contribution < 1.29 is 36.3 Å². The average Bonchev–Trinajstić information content (AvgIpc) is 3.63. The third kappa shape index (κ3) is 9.23. The molecule has 0 bridgehead atoms. The van der Waals surface area contributed by atoms with E-state index in [0.717, 1.165) is 23.3 Å². The molecule has 0 aliphatic rings. The van der Waals surface area contributed by atoms with Gasteiger partial charge in [-0.25, -0.2) is 12.8 Å². The highest BCUT2D eigenvalue weighted by Gasteiger charge is 2.31. The van der Waals surface area contributed by atoms with E-state index in [2.05, 4.69) is 10.0 Å². The second-order valence-corrected chi connectivity index (χ2v) is 12.4. The fourth-order valence-electron chi connectivity index (χ4n) is 4.86. The van der Waals surface area contributed by atoms with E-state index in [0.29, 0.717) is 11.5 Å². The summed E-state index contributed by atoms with van der Waals surface area (Å²) in [6.07, 6.45) is 1.75. The van der Waals surface area contributed by atoms with Gasteiger partial charge in [0.15, 0.2) is 6.61 Å². The van der Waals surface area contributed by atoms with Crippen molar-refractivity contribution in [1.29, 1.82) is 0 Å². The molecule has 5 aromatic rings. The standard InChI is InChI=1S/C36H34FN3O7S/c1-45-30-15-9-27(10-16-30)24-40(34(22-26-6-3-2-4-7-26)36(42)38-23-32-8-5-21-46-32)35(41)25-47-31-17-19-33(20-18-31)48(43,44)39-29-13-11-28(37)12-14-29/h2-21,34,39H,22-25H2,1H3,(H,38,42)/t34-/m1/s1. The molecule has 0 unspecified atom stereocenters. The molecule has 5 rings (SSSR count). The Balaban J connectivity index is 1.34. The summed E-state index contributed by atoms with van der Waals surface area (Å²) >= 11 is 0. The van der Waals surface area contributed by atoms with Gasteiger partial charge in [0.1, 0.15) is 29.1 Å². The van der Waals surface area contributed by atoms with Gasteiger partial charge >= 0.3 is 0 Å². The van der Waals surface area contributed by atoms with Crippen molar-refractivity contribution in [3.63, 3.8) is 0 Å². The zero-order chi connectivity index (χ0) is 33.9. The number of sulfonamides is 1. The van der Waals surface area contributed by atoms with Crippen LogP contribution in [-0.4, -0.2) is 44.9 Å². The molecular formula is C36H34FN3O7S. The molecule has 0 aliphatic heterocycles. The molecule has 0 aliphatic carbocycles. The van der Waals surface area contributed by atoms with E-state index in [9.17, 15) is 22.4 Å². The number of carbonyl (C=O) groups is 2. The van der Waals surface area contributed by atoms with Gasteiger partial charge in [-0.05, 0) is 83.9 Å². The first kappa shape index (κ1) is 33.7. The minimum Gasteiger partial charge on any atom is -0.497 e. The summed E-state index contributed by atoms with van der Waals surface area (Å²) in [4.78, 5) is 29.1. The Bertz CT molecular complexity index is 1880. The summed E-state index contributed by atoms with van der Waals surface area (Å²) in [6.45, 7) is -0.180. The number of nitrogens with one attached hydrogen (secondary N) is 2. The second-order valence-electron chi connectivity index (χ2n) is 10.7. The number of furan rings is 1. The maximum absolute atomic E-state index is 13.9. The van der Waals surface area contributed by atoms with E-state index < -0.39 is 34.4 Å². The van der Waals surface area contributed by atoms with Gasteiger partial charge in [-0.2, -0.15) is 0 Å². The molecule has 4 aromatic carbocycles. The summed E-state index contributed by atoms with van der Waals surface area (Å²) in [6, 6.07) is 29.6. The summed E-state index contributed by atoms with van der Waals surface area (Å²) in [5.41, 5.74) is 1.83. The Morgan fingerprint density at radius 2 is 1.52 bits per heavy atom. The molecule has 1 heterocycles. The van der Waals surface area contributed by atoms with Gasteiger partial charge in [0.2, 0.25) is 5.91 Å². The summed E-state index contributed by atoms with van der Waals surface area (Å²) in [5.74, 6) is 0.134. The molecule has 1 aromatic heterocycles. The smallest absolute Gasteiger partial charge is 0.261 e. The van der Waals surface area contributed by atoms with Crippen molar-refractivity contribution in [1.82, 2.24) is 10.2 Å². The van der Waals surface area contributed by atoms with Crippen molar-refractivity contribution in [3.05, 3.63) is 144 Å². The lowest BCUT2D eigenvalue weighted by Crippen LogP contribution is -2.51. The number of hydrogen-bond acceptors (Lipinski definition) is 7. The first-order chi connectivity index (χ1) is 23.2. The average molecular weight is 672 g/mol. The van der Waals surface area contributed by atoms with Crippen LogP contribution in [0.3, 0.4) is 0 Å². The van der Waals surface area contributed by atoms with E-state index >= 15 is 0 Å². The lowest BCUT2D eigenvalue weighted by atomic mass is 10.0. The van der Waals surface area contributed by atoms with Crippen molar-refractivity contribution in [2.45, 2.75) is 30.4 Å². The van der Waals surface area contributed by atoms with Crippen LogP contribution in [-0.2, 0) is 39.1 Å². The lowest BCUT2D eigenvalue weighted by Gasteiger charge is -2.31. The van der Waals surface area contributed by atoms with Gasteiger partial charge in [-0.3, -0.25) is 14.3 Å². The monoisotopic (exact) mass is 671 g/mol. The number of amides is 2. The Morgan fingerprint density at radius 3 is 2.17 bits per heavy atom. The SMILES string of the molecule is COc1ccc(CN(C(=O)COc2ccc(S(=O)(=O)Nc3ccc(F)cc3)cc2)[C@H](Cc2ccccc2)C(=O)NCc2ccco2)cc1. The van der Waals surface area contributed by atoms with Crippen LogP contribution >= 0.6 is 0 Å². The number of methoxy groups -OCH3 is 1. The van der Waals surface area contributed by atoms with Crippen molar-refractivity contribution in [2.24, 2.45) is 0 Å². The molecule has 12 heteroatoms. The predicted molar refractivity (Wildman–Crippen MR) is 177 cm³/mol. The van der Waals surface area contributed by atoms with Crippen molar-refractivity contribution in [3.8, 4) is 11.5 Å². The third-order valence-corrected chi connectivity index (χ3v) is 8.79. The maximum atomic E-state index is 13.9. The largest absolute Gasteiger partial charge is 0.497 e. The van der Waals surface area contributed by atoms with Crippen LogP contribution in [0.15, 0.2) is 131 Å². The van der Waals surface area contributed by atoms with Crippen LogP contribution in [0, 0.1) is 5.82 Å². The number of halogens is 1. The third-order valence-electron chi connectivity index (χ3n) is 7.39. The number of carbonyl (C=O) groups excluding carboxylic acids is 2. The fraction of sp³-hybridized carbons (Fsp3) is 0.167. The Kier molecular flexibility index (Phi) is 11.1. The Labute approximate surface area is 278 Å². The maximum Gasteiger partial charge on any atom is 0.261 e. The second kappa shape index (κ2) is 15.8. The van der Waals surface area contributed by atoms with E-state index in [-0.39, 0.29) is 41.7 Å². The van der Waals surface area contributed by atoms with E-state index in [4.69, 9.17) is 13.9 Å². The van der Waals surface area contributed by atoms with Crippen molar-refractivity contribution >= 4 is 27.5 Å². The molecule has 0 fully saturated rings. The minimum atomic E-state index is -3.96. The topological polar surface area (TPSA) is 127 Å². The molecule has 2 N–H and O–H groups in total. The first-order valence-electron chi connectivity index (χ1n) is 15.0. The summed E-state index contributed by atoms with van der Waals surface area (Å²) < 4.78 is 57.7. The molecule has 248 valence electrons. The molecule has 2 amide bonds. The van der Waals surface area contributed by atoms with E-state index in [1.165, 1.54) is 47.6 Å². The zero-order valence-electron chi connectivity index (χ0n) is 26.0. The highest BCUT2D eigenvalue weighted by molar-refractivity contribution is 7.92. The van der Waals surface area contributed by atoms with Gasteiger partial charge in [-0.15, -0.1) is 0 Å². The van der Waals surface area contributed by atoms with Crippen LogP contribution < -0.4 is 19.5 Å². The number of hydrogen-bond donors (Lipinski definition) is 2. The Morgan fingerprint density at radius 1 is 0.833 bits per heavy atom. The van der Waals surface area contributed by atoms with Gasteiger partial charge in [0, 0.05) is 18.7 Å². The number of rotatable bonds is 15. The predicted octanol–water partition coefficient (Wildman–Crippen LogP) is 5.56. The molecule has 0 spiro atoms. The fourth-order valence-corrected chi connectivity index (χ4v) is 5.92. The van der Waals surface area contributed by atoms with Crippen molar-refractivity contribution in [2.75, 3.05) is 18.4 Å². The summed E-state index contributed by atoms with van der Waals surface area (Å²) in [7, 11) is -2.40. The van der Waals surface area contributed by atoms with Crippen LogP contribution in [0.2, 0.25) is 0 Å². The molecule has 1 atom stereocenters. The van der Waals surface area contributed by atoms with E-state index in [1.807, 2.05) is 42.5 Å². The summed E-state index contributed by atoms with van der Waals surface area (Å²) in [5, 5.41) is 2.89. The molecule has 10 nitrogen and oxygen atoms in total. The highest BCUT2D eigenvalue weighted by atomic mass is 32.2. The van der Waals surface area contributed by atoms with E-state index in [1.54, 1.807) is 31.4 Å². The quantitative estimate of drug-likeness (QED) is 0.149. The number of ether oxygens (including phenoxy) is 2. The molecule has 0 saturated heterocycles. The Hall–Kier alpha value is -5.62. The lowest BCUT2D eigenvalue weighted by molar-refractivity contribution is -0.142. The molecular weight excluding hydrogens is 637 g/mol. The minimum absolute atomic E-state index is 0.0530. The number of anilines is 1. The van der Waals surface area contributed by atoms with Crippen LogP contribution in [0.25, 0.3) is 0 Å². The van der Waals surface area contributed by atoms with Gasteiger partial charge in [0.25, 0.3) is 15.9 Å². The molecule has 0 radical (unpaired) electrons. The van der Waals surface area contributed by atoms with Crippen LogP contribution in [0.5, 0.6) is 11.5 Å². The van der Waals surface area contributed by atoms with Gasteiger partial charge in [-0.1, -0.05) is 42.5 Å². The number of benzene rings is 4.